The summed E-state index contributed by atoms with van der Waals surface area (Å²) in [6, 6.07) is 0. The lowest BCUT2D eigenvalue weighted by atomic mass is 10.3. The van der Waals surface area contributed by atoms with Crippen molar-refractivity contribution in [2.24, 2.45) is 0 Å². The highest BCUT2D eigenvalue weighted by Gasteiger charge is 2.30. The SMILES string of the molecule is O=C(CC(F)(F)F)NCc1cn[nH]c1. The summed E-state index contributed by atoms with van der Waals surface area (Å²) in [5.74, 6) is -1.04. The van der Waals surface area contributed by atoms with Crippen molar-refractivity contribution in [1.29, 1.82) is 0 Å². The normalized spacial score (nSPS) is 11.4. The van der Waals surface area contributed by atoms with E-state index in [9.17, 15) is 18.0 Å². The van der Waals surface area contributed by atoms with E-state index in [1.165, 1.54) is 12.4 Å². The van der Waals surface area contributed by atoms with Gasteiger partial charge in [-0.25, -0.2) is 0 Å². The fourth-order valence-electron chi connectivity index (χ4n) is 0.820. The number of carbonyl (C=O) groups is 1. The van der Waals surface area contributed by atoms with Crippen LogP contribution >= 0.6 is 0 Å². The number of halogens is 3. The minimum Gasteiger partial charge on any atom is -0.352 e. The van der Waals surface area contributed by atoms with Gasteiger partial charge < -0.3 is 5.32 Å². The van der Waals surface area contributed by atoms with Crippen LogP contribution in [0.5, 0.6) is 0 Å². The molecular formula is C7H8F3N3O. The highest BCUT2D eigenvalue weighted by atomic mass is 19.4. The molecule has 78 valence electrons. The maximum absolute atomic E-state index is 11.7. The van der Waals surface area contributed by atoms with Gasteiger partial charge in [0.2, 0.25) is 5.91 Å². The molecule has 0 saturated heterocycles. The van der Waals surface area contributed by atoms with Crippen molar-refractivity contribution in [3.8, 4) is 0 Å². The van der Waals surface area contributed by atoms with Crippen molar-refractivity contribution < 1.29 is 18.0 Å². The first kappa shape index (κ1) is 10.6. The Morgan fingerprint density at radius 2 is 2.29 bits per heavy atom. The summed E-state index contributed by atoms with van der Waals surface area (Å²) in [5.41, 5.74) is 0.625. The number of H-pyrrole nitrogens is 1. The van der Waals surface area contributed by atoms with Crippen LogP contribution in [0.25, 0.3) is 0 Å². The van der Waals surface area contributed by atoms with Crippen molar-refractivity contribution in [2.45, 2.75) is 19.1 Å². The van der Waals surface area contributed by atoms with Crippen LogP contribution in [0.2, 0.25) is 0 Å². The molecule has 0 aliphatic rings. The smallest absolute Gasteiger partial charge is 0.352 e. The Labute approximate surface area is 77.5 Å². The zero-order valence-electron chi connectivity index (χ0n) is 7.06. The Morgan fingerprint density at radius 1 is 1.57 bits per heavy atom. The molecule has 14 heavy (non-hydrogen) atoms. The number of carbonyl (C=O) groups excluding carboxylic acids is 1. The van der Waals surface area contributed by atoms with Gasteiger partial charge in [0.15, 0.2) is 0 Å². The molecule has 0 bridgehead atoms. The highest BCUT2D eigenvalue weighted by molar-refractivity contribution is 5.76. The predicted octanol–water partition coefficient (Wildman–Crippen LogP) is 0.978. The lowest BCUT2D eigenvalue weighted by molar-refractivity contribution is -0.153. The number of amides is 1. The van der Waals surface area contributed by atoms with Crippen molar-refractivity contribution in [1.82, 2.24) is 15.5 Å². The summed E-state index contributed by atoms with van der Waals surface area (Å²) in [7, 11) is 0. The van der Waals surface area contributed by atoms with E-state index in [4.69, 9.17) is 0 Å². The van der Waals surface area contributed by atoms with Gasteiger partial charge in [-0.1, -0.05) is 0 Å². The molecule has 4 nitrogen and oxygen atoms in total. The standard InChI is InChI=1S/C7H8F3N3O/c8-7(9,10)1-6(14)11-2-5-3-12-13-4-5/h3-4H,1-2H2,(H,11,14)(H,12,13). The summed E-state index contributed by atoms with van der Waals surface area (Å²) in [6.45, 7) is 0.0470. The first-order valence-corrected chi connectivity index (χ1v) is 3.78. The van der Waals surface area contributed by atoms with Gasteiger partial charge >= 0.3 is 6.18 Å². The molecule has 0 saturated carbocycles. The van der Waals surface area contributed by atoms with E-state index in [0.29, 0.717) is 5.56 Å². The van der Waals surface area contributed by atoms with Crippen LogP contribution in [0.4, 0.5) is 13.2 Å². The van der Waals surface area contributed by atoms with Gasteiger partial charge in [0, 0.05) is 18.3 Å². The van der Waals surface area contributed by atoms with Gasteiger partial charge in [0.1, 0.15) is 6.42 Å². The molecule has 1 rings (SSSR count). The Morgan fingerprint density at radius 3 is 2.79 bits per heavy atom. The maximum atomic E-state index is 11.7. The lowest BCUT2D eigenvalue weighted by Crippen LogP contribution is -2.27. The second-order valence-electron chi connectivity index (χ2n) is 2.68. The van der Waals surface area contributed by atoms with Gasteiger partial charge in [-0.15, -0.1) is 0 Å². The molecule has 2 N–H and O–H groups in total. The minimum absolute atomic E-state index is 0.0470. The van der Waals surface area contributed by atoms with E-state index in [2.05, 4.69) is 15.5 Å². The predicted molar refractivity (Wildman–Crippen MR) is 41.1 cm³/mol. The molecule has 0 spiro atoms. The van der Waals surface area contributed by atoms with Crippen LogP contribution in [-0.4, -0.2) is 22.3 Å². The molecule has 1 amide bonds. The number of alkyl halides is 3. The van der Waals surface area contributed by atoms with Crippen LogP contribution < -0.4 is 5.32 Å². The molecule has 1 heterocycles. The number of aromatic nitrogens is 2. The Bertz CT molecular complexity index is 294. The molecule has 0 aliphatic heterocycles. The molecule has 0 unspecified atom stereocenters. The number of rotatable bonds is 3. The molecule has 0 fully saturated rings. The summed E-state index contributed by atoms with van der Waals surface area (Å²) >= 11 is 0. The maximum Gasteiger partial charge on any atom is 0.397 e. The lowest BCUT2D eigenvalue weighted by Gasteiger charge is -2.06. The van der Waals surface area contributed by atoms with Gasteiger partial charge in [-0.3, -0.25) is 9.89 Å². The Hall–Kier alpha value is -1.53. The Balaban J connectivity index is 2.29. The van der Waals surface area contributed by atoms with E-state index < -0.39 is 18.5 Å². The minimum atomic E-state index is -4.46. The van der Waals surface area contributed by atoms with E-state index >= 15 is 0 Å². The summed E-state index contributed by atoms with van der Waals surface area (Å²) in [4.78, 5) is 10.7. The van der Waals surface area contributed by atoms with Gasteiger partial charge in [-0.05, 0) is 0 Å². The third kappa shape index (κ3) is 3.92. The molecular weight excluding hydrogens is 199 g/mol. The molecule has 1 aromatic heterocycles. The van der Waals surface area contributed by atoms with Crippen LogP contribution in [-0.2, 0) is 11.3 Å². The second kappa shape index (κ2) is 4.12. The quantitative estimate of drug-likeness (QED) is 0.776. The average molecular weight is 207 g/mol. The monoisotopic (exact) mass is 207 g/mol. The molecule has 1 aromatic rings. The van der Waals surface area contributed by atoms with Gasteiger partial charge in [0.05, 0.1) is 6.20 Å². The van der Waals surface area contributed by atoms with Crippen molar-refractivity contribution in [3.05, 3.63) is 18.0 Å². The van der Waals surface area contributed by atoms with Gasteiger partial charge in [-0.2, -0.15) is 18.3 Å². The van der Waals surface area contributed by atoms with Gasteiger partial charge in [0.25, 0.3) is 0 Å². The van der Waals surface area contributed by atoms with Crippen LogP contribution in [0.3, 0.4) is 0 Å². The number of nitrogens with one attached hydrogen (secondary N) is 2. The zero-order chi connectivity index (χ0) is 10.6. The number of hydrogen-bond acceptors (Lipinski definition) is 2. The summed E-state index contributed by atoms with van der Waals surface area (Å²) in [5, 5.41) is 8.18. The van der Waals surface area contributed by atoms with E-state index in [-0.39, 0.29) is 6.54 Å². The molecule has 0 aliphatic carbocycles. The van der Waals surface area contributed by atoms with Crippen molar-refractivity contribution in [3.63, 3.8) is 0 Å². The topological polar surface area (TPSA) is 57.8 Å². The molecule has 7 heteroatoms. The molecule has 0 aromatic carbocycles. The van der Waals surface area contributed by atoms with E-state index in [0.717, 1.165) is 0 Å². The molecule has 0 radical (unpaired) electrons. The van der Waals surface area contributed by atoms with E-state index in [1.807, 2.05) is 0 Å². The van der Waals surface area contributed by atoms with E-state index in [1.54, 1.807) is 0 Å². The third-order valence-corrected chi connectivity index (χ3v) is 1.41. The highest BCUT2D eigenvalue weighted by Crippen LogP contribution is 2.18. The summed E-state index contributed by atoms with van der Waals surface area (Å²) < 4.78 is 35.1. The molecule has 0 atom stereocenters. The largest absolute Gasteiger partial charge is 0.397 e. The number of hydrogen-bond donors (Lipinski definition) is 2. The average Bonchev–Trinajstić information content (AvgIpc) is 2.49. The zero-order valence-corrected chi connectivity index (χ0v) is 7.06. The van der Waals surface area contributed by atoms with Crippen LogP contribution in [0, 0.1) is 0 Å². The van der Waals surface area contributed by atoms with Crippen molar-refractivity contribution >= 4 is 5.91 Å². The summed E-state index contributed by atoms with van der Waals surface area (Å²) in [6.07, 6.45) is -2.99. The first-order valence-electron chi connectivity index (χ1n) is 3.78. The number of aromatic amines is 1. The Kier molecular flexibility index (Phi) is 3.10. The first-order chi connectivity index (χ1) is 6.47. The number of nitrogens with zero attached hydrogens (tertiary/aromatic N) is 1. The van der Waals surface area contributed by atoms with Crippen molar-refractivity contribution in [2.75, 3.05) is 0 Å². The fraction of sp³-hybridized carbons (Fsp3) is 0.429. The second-order valence-corrected chi connectivity index (χ2v) is 2.68. The van der Waals surface area contributed by atoms with Crippen LogP contribution in [0.15, 0.2) is 12.4 Å². The third-order valence-electron chi connectivity index (χ3n) is 1.41. The van der Waals surface area contributed by atoms with Crippen LogP contribution in [0.1, 0.15) is 12.0 Å². The fourth-order valence-corrected chi connectivity index (χ4v) is 0.820.